The number of nitrogens with two attached hydrogens (primary N) is 1. The molecule has 0 saturated heterocycles. The first kappa shape index (κ1) is 14.8. The molecule has 4 nitrogen and oxygen atoms in total. The van der Waals surface area contributed by atoms with Gasteiger partial charge in [0.05, 0.1) is 5.54 Å². The van der Waals surface area contributed by atoms with Crippen LogP contribution in [-0.2, 0) is 4.79 Å². The fraction of sp³-hybridized carbons (Fsp3) is 0.933. The minimum absolute atomic E-state index is 0.149. The van der Waals surface area contributed by atoms with Crippen molar-refractivity contribution in [3.8, 4) is 0 Å². The van der Waals surface area contributed by atoms with Gasteiger partial charge in [-0.1, -0.05) is 6.92 Å². The van der Waals surface area contributed by atoms with Crippen LogP contribution < -0.4 is 11.1 Å². The predicted molar refractivity (Wildman–Crippen MR) is 77.9 cm³/mol. The van der Waals surface area contributed by atoms with E-state index in [0.717, 1.165) is 25.8 Å². The van der Waals surface area contributed by atoms with Crippen LogP contribution in [0.5, 0.6) is 0 Å². The zero-order valence-electron chi connectivity index (χ0n) is 12.6. The van der Waals surface area contributed by atoms with Crippen LogP contribution in [-0.4, -0.2) is 41.0 Å². The van der Waals surface area contributed by atoms with E-state index in [2.05, 4.69) is 31.0 Å². The van der Waals surface area contributed by atoms with Gasteiger partial charge in [-0.3, -0.25) is 9.69 Å². The van der Waals surface area contributed by atoms with Gasteiger partial charge in [-0.25, -0.2) is 0 Å². The molecule has 0 aliphatic heterocycles. The summed E-state index contributed by atoms with van der Waals surface area (Å²) in [5.74, 6) is -0.149. The van der Waals surface area contributed by atoms with E-state index in [4.69, 9.17) is 5.73 Å². The second-order valence-corrected chi connectivity index (χ2v) is 6.54. The van der Waals surface area contributed by atoms with E-state index in [1.165, 1.54) is 19.3 Å². The van der Waals surface area contributed by atoms with E-state index in [9.17, 15) is 4.79 Å². The van der Waals surface area contributed by atoms with Crippen molar-refractivity contribution in [3.05, 3.63) is 0 Å². The summed E-state index contributed by atoms with van der Waals surface area (Å²) in [5, 5.41) is 3.55. The summed E-state index contributed by atoms with van der Waals surface area (Å²) in [6.07, 6.45) is 6.46. The molecule has 0 aromatic carbocycles. The Hall–Kier alpha value is -0.610. The maximum absolute atomic E-state index is 12.0. The average molecular weight is 267 g/mol. The Kier molecular flexibility index (Phi) is 4.51. The molecule has 2 fully saturated rings. The highest BCUT2D eigenvalue weighted by molar-refractivity contribution is 5.85. The molecule has 0 aromatic heterocycles. The van der Waals surface area contributed by atoms with Crippen LogP contribution in [0.25, 0.3) is 0 Å². The third-order valence-electron chi connectivity index (χ3n) is 4.75. The number of primary amides is 1. The molecular weight excluding hydrogens is 238 g/mol. The molecule has 110 valence electrons. The summed E-state index contributed by atoms with van der Waals surface area (Å²) in [6, 6.07) is 1.54. The van der Waals surface area contributed by atoms with E-state index < -0.39 is 5.54 Å². The number of rotatable bonds is 6. The lowest BCUT2D eigenvalue weighted by molar-refractivity contribution is -0.127. The molecule has 2 unspecified atom stereocenters. The molecule has 2 atom stereocenters. The van der Waals surface area contributed by atoms with Gasteiger partial charge in [-0.05, 0) is 58.9 Å². The first-order chi connectivity index (χ1) is 8.98. The SMILES string of the molecule is CCN(C(C)C)C1CCCC(NC2CC2)(C(N)=O)C1. The van der Waals surface area contributed by atoms with Crippen molar-refractivity contribution in [2.75, 3.05) is 6.54 Å². The number of hydrogen-bond donors (Lipinski definition) is 2. The number of nitrogens with one attached hydrogen (secondary N) is 1. The van der Waals surface area contributed by atoms with E-state index >= 15 is 0 Å². The van der Waals surface area contributed by atoms with Crippen LogP contribution in [0, 0.1) is 0 Å². The fourth-order valence-electron chi connectivity index (χ4n) is 3.62. The molecule has 3 N–H and O–H groups in total. The first-order valence-corrected chi connectivity index (χ1v) is 7.82. The molecule has 0 bridgehead atoms. The molecule has 1 amide bonds. The summed E-state index contributed by atoms with van der Waals surface area (Å²) in [4.78, 5) is 14.5. The second-order valence-electron chi connectivity index (χ2n) is 6.54. The zero-order chi connectivity index (χ0) is 14.0. The number of carbonyl (C=O) groups excluding carboxylic acids is 1. The Bertz CT molecular complexity index is 327. The quantitative estimate of drug-likeness (QED) is 0.769. The van der Waals surface area contributed by atoms with Crippen molar-refractivity contribution < 1.29 is 4.79 Å². The largest absolute Gasteiger partial charge is 0.368 e. The van der Waals surface area contributed by atoms with Gasteiger partial charge >= 0.3 is 0 Å². The minimum Gasteiger partial charge on any atom is -0.368 e. The van der Waals surface area contributed by atoms with Gasteiger partial charge in [0.1, 0.15) is 0 Å². The van der Waals surface area contributed by atoms with Crippen molar-refractivity contribution in [1.29, 1.82) is 0 Å². The molecule has 2 rings (SSSR count). The predicted octanol–water partition coefficient (Wildman–Crippen LogP) is 1.64. The fourth-order valence-corrected chi connectivity index (χ4v) is 3.62. The Morgan fingerprint density at radius 1 is 1.42 bits per heavy atom. The molecule has 0 heterocycles. The van der Waals surface area contributed by atoms with Gasteiger partial charge in [0.25, 0.3) is 0 Å². The average Bonchev–Trinajstić information content (AvgIpc) is 3.13. The monoisotopic (exact) mass is 267 g/mol. The van der Waals surface area contributed by atoms with Crippen molar-refractivity contribution >= 4 is 5.91 Å². The molecule has 19 heavy (non-hydrogen) atoms. The number of nitrogens with zero attached hydrogens (tertiary/aromatic N) is 1. The van der Waals surface area contributed by atoms with Crippen LogP contribution in [0.3, 0.4) is 0 Å². The third kappa shape index (κ3) is 3.29. The van der Waals surface area contributed by atoms with Crippen molar-refractivity contribution in [3.63, 3.8) is 0 Å². The van der Waals surface area contributed by atoms with Gasteiger partial charge < -0.3 is 11.1 Å². The first-order valence-electron chi connectivity index (χ1n) is 7.82. The smallest absolute Gasteiger partial charge is 0.237 e. The van der Waals surface area contributed by atoms with Crippen molar-refractivity contribution in [2.45, 2.75) is 83.0 Å². The van der Waals surface area contributed by atoms with Gasteiger partial charge in [0.2, 0.25) is 5.91 Å². The highest BCUT2D eigenvalue weighted by Crippen LogP contribution is 2.35. The summed E-state index contributed by atoms with van der Waals surface area (Å²) >= 11 is 0. The van der Waals surface area contributed by atoms with Gasteiger partial charge in [-0.15, -0.1) is 0 Å². The molecular formula is C15H29N3O. The van der Waals surface area contributed by atoms with E-state index in [0.29, 0.717) is 18.1 Å². The number of carbonyl (C=O) groups is 1. The molecule has 2 aliphatic rings. The van der Waals surface area contributed by atoms with Crippen LogP contribution >= 0.6 is 0 Å². The van der Waals surface area contributed by atoms with Crippen LogP contribution in [0.15, 0.2) is 0 Å². The molecule has 4 heteroatoms. The van der Waals surface area contributed by atoms with Crippen LogP contribution in [0.1, 0.15) is 59.3 Å². The molecule has 2 aliphatic carbocycles. The number of hydrogen-bond acceptors (Lipinski definition) is 3. The van der Waals surface area contributed by atoms with Crippen LogP contribution in [0.2, 0.25) is 0 Å². The number of amides is 1. The van der Waals surface area contributed by atoms with E-state index in [1.54, 1.807) is 0 Å². The lowest BCUT2D eigenvalue weighted by atomic mass is 9.77. The minimum atomic E-state index is -0.452. The summed E-state index contributed by atoms with van der Waals surface area (Å²) in [7, 11) is 0. The Labute approximate surface area is 117 Å². The third-order valence-corrected chi connectivity index (χ3v) is 4.75. The van der Waals surface area contributed by atoms with Gasteiger partial charge in [-0.2, -0.15) is 0 Å². The molecule has 0 aromatic rings. The molecule has 0 spiro atoms. The second kappa shape index (κ2) is 5.80. The normalized spacial score (nSPS) is 31.9. The Morgan fingerprint density at radius 2 is 2.11 bits per heavy atom. The lowest BCUT2D eigenvalue weighted by Crippen LogP contribution is -2.61. The van der Waals surface area contributed by atoms with Gasteiger partial charge in [0, 0.05) is 18.1 Å². The topological polar surface area (TPSA) is 58.4 Å². The Morgan fingerprint density at radius 3 is 2.58 bits per heavy atom. The highest BCUT2D eigenvalue weighted by atomic mass is 16.1. The van der Waals surface area contributed by atoms with E-state index in [1.807, 2.05) is 0 Å². The zero-order valence-corrected chi connectivity index (χ0v) is 12.6. The van der Waals surface area contributed by atoms with Gasteiger partial charge in [0.15, 0.2) is 0 Å². The van der Waals surface area contributed by atoms with Crippen LogP contribution in [0.4, 0.5) is 0 Å². The maximum Gasteiger partial charge on any atom is 0.237 e. The molecule has 0 radical (unpaired) electrons. The summed E-state index contributed by atoms with van der Waals surface area (Å²) < 4.78 is 0. The van der Waals surface area contributed by atoms with E-state index in [-0.39, 0.29) is 5.91 Å². The highest BCUT2D eigenvalue weighted by Gasteiger charge is 2.45. The summed E-state index contributed by atoms with van der Waals surface area (Å²) in [6.45, 7) is 7.71. The van der Waals surface area contributed by atoms with Crippen molar-refractivity contribution in [1.82, 2.24) is 10.2 Å². The summed E-state index contributed by atoms with van der Waals surface area (Å²) in [5.41, 5.74) is 5.29. The standard InChI is InChI=1S/C15H29N3O/c1-4-18(11(2)3)13-6-5-9-15(10-13,14(16)19)17-12-7-8-12/h11-13,17H,4-10H2,1-3H3,(H2,16,19). The maximum atomic E-state index is 12.0. The molecule has 2 saturated carbocycles. The lowest BCUT2D eigenvalue weighted by Gasteiger charge is -2.44. The van der Waals surface area contributed by atoms with Crippen molar-refractivity contribution in [2.24, 2.45) is 5.73 Å². The Balaban J connectivity index is 2.09.